The molecule has 1 amide bonds. The van der Waals surface area contributed by atoms with Crippen molar-refractivity contribution >= 4 is 57.9 Å². The van der Waals surface area contributed by atoms with Crippen LogP contribution < -0.4 is 11.1 Å². The molecule has 2 atom stereocenters. The molecule has 12 nitrogen and oxygen atoms in total. The van der Waals surface area contributed by atoms with Crippen LogP contribution in [-0.2, 0) is 33.4 Å². The first-order valence-electron chi connectivity index (χ1n) is 9.02. The van der Waals surface area contributed by atoms with Crippen LogP contribution in [0.3, 0.4) is 0 Å². The molecule has 0 bridgehead atoms. The molecule has 32 heavy (non-hydrogen) atoms. The van der Waals surface area contributed by atoms with Crippen LogP contribution in [0.5, 0.6) is 0 Å². The Morgan fingerprint density at radius 2 is 1.44 bits per heavy atom. The molecule has 0 saturated carbocycles. The third-order valence-electron chi connectivity index (χ3n) is 2.68. The van der Waals surface area contributed by atoms with Crippen molar-refractivity contribution in [3.63, 3.8) is 0 Å². The molecular formula is C18H28Cl2N2O10. The summed E-state index contributed by atoms with van der Waals surface area (Å²) in [7, 11) is 0. The zero-order chi connectivity index (χ0) is 25.9. The number of cyclic esters (lactones) is 2. The molecule has 184 valence electrons. The minimum absolute atomic E-state index is 0.207. The van der Waals surface area contributed by atoms with Crippen LogP contribution in [-0.4, -0.2) is 63.1 Å². The van der Waals surface area contributed by atoms with Crippen molar-refractivity contribution in [3.05, 3.63) is 0 Å². The van der Waals surface area contributed by atoms with E-state index in [4.69, 9.17) is 25.1 Å². The lowest BCUT2D eigenvalue weighted by molar-refractivity contribution is -0.158. The second-order valence-corrected chi connectivity index (χ2v) is 9.04. The highest BCUT2D eigenvalue weighted by Gasteiger charge is 2.35. The van der Waals surface area contributed by atoms with Gasteiger partial charge in [0.15, 0.2) is 0 Å². The number of carboxylic acids is 1. The van der Waals surface area contributed by atoms with Crippen LogP contribution in [0.4, 0.5) is 9.59 Å². The Hall–Kier alpha value is -2.44. The summed E-state index contributed by atoms with van der Waals surface area (Å²) >= 11 is 8.80. The number of ether oxygens (including phenoxy) is 3. The number of carboxylic acid groups (broad SMARTS) is 1. The van der Waals surface area contributed by atoms with Crippen molar-refractivity contribution < 1.29 is 48.1 Å². The summed E-state index contributed by atoms with van der Waals surface area (Å²) in [5.41, 5.74) is 3.93. The number of rotatable bonds is 5. The first-order chi connectivity index (χ1) is 14.2. The molecule has 1 rings (SSSR count). The van der Waals surface area contributed by atoms with Gasteiger partial charge in [-0.05, 0) is 64.7 Å². The molecule has 0 aromatic heterocycles. The van der Waals surface area contributed by atoms with Gasteiger partial charge in [0.1, 0.15) is 23.3 Å². The Morgan fingerprint density at radius 1 is 1.03 bits per heavy atom. The fourth-order valence-corrected chi connectivity index (χ4v) is 1.73. The Morgan fingerprint density at radius 3 is 1.75 bits per heavy atom. The number of nitrogens with two attached hydrogens (primary N) is 1. The van der Waals surface area contributed by atoms with E-state index in [1.165, 1.54) is 0 Å². The van der Waals surface area contributed by atoms with E-state index in [9.17, 15) is 24.0 Å². The SMILES string of the molecule is CC(C)(C)OC(=O)C[C@@H]1NC(=O)OC1=O.CC(C)(C)OC(=O)C[C@H](N)C(=O)O.O=C(Cl)Cl. The van der Waals surface area contributed by atoms with Crippen molar-refractivity contribution in [2.75, 3.05) is 0 Å². The summed E-state index contributed by atoms with van der Waals surface area (Å²) in [4.78, 5) is 63.1. The lowest BCUT2D eigenvalue weighted by Gasteiger charge is -2.20. The average Bonchev–Trinajstić information content (AvgIpc) is 2.80. The van der Waals surface area contributed by atoms with Crippen molar-refractivity contribution in [2.45, 2.75) is 77.7 Å². The number of carbonyl (C=O) groups excluding carboxylic acids is 5. The van der Waals surface area contributed by atoms with E-state index in [0.717, 1.165) is 0 Å². The highest BCUT2D eigenvalue weighted by Crippen LogP contribution is 2.12. The van der Waals surface area contributed by atoms with Crippen LogP contribution in [0.25, 0.3) is 0 Å². The Labute approximate surface area is 195 Å². The maximum absolute atomic E-state index is 11.3. The smallest absolute Gasteiger partial charge is 0.415 e. The van der Waals surface area contributed by atoms with E-state index in [2.05, 4.69) is 33.3 Å². The highest BCUT2D eigenvalue weighted by atomic mass is 35.5. The maximum Gasteiger partial charge on any atom is 0.415 e. The van der Waals surface area contributed by atoms with Crippen LogP contribution in [0, 0.1) is 0 Å². The number of halogens is 2. The second-order valence-electron chi connectivity index (χ2n) is 8.16. The molecule has 1 aliphatic rings. The van der Waals surface area contributed by atoms with Gasteiger partial charge in [0, 0.05) is 0 Å². The molecule has 14 heteroatoms. The van der Waals surface area contributed by atoms with Gasteiger partial charge in [-0.1, -0.05) is 0 Å². The zero-order valence-electron chi connectivity index (χ0n) is 18.5. The second kappa shape index (κ2) is 13.9. The molecule has 0 aliphatic carbocycles. The summed E-state index contributed by atoms with van der Waals surface area (Å²) in [6.45, 7) is 10.3. The number of hydrogen-bond donors (Lipinski definition) is 3. The van der Waals surface area contributed by atoms with Crippen LogP contribution in [0.15, 0.2) is 0 Å². The molecule has 1 aliphatic heterocycles. The van der Waals surface area contributed by atoms with Gasteiger partial charge in [0.05, 0.1) is 12.8 Å². The Bertz CT molecular complexity index is 710. The lowest BCUT2D eigenvalue weighted by atomic mass is 10.2. The topological polar surface area (TPSA) is 188 Å². The van der Waals surface area contributed by atoms with Crippen molar-refractivity contribution in [2.24, 2.45) is 5.73 Å². The zero-order valence-corrected chi connectivity index (χ0v) is 20.0. The minimum Gasteiger partial charge on any atom is -0.480 e. The van der Waals surface area contributed by atoms with Crippen molar-refractivity contribution in [3.8, 4) is 0 Å². The highest BCUT2D eigenvalue weighted by molar-refractivity contribution is 6.93. The predicted molar refractivity (Wildman–Crippen MR) is 112 cm³/mol. The minimum atomic E-state index is -1.20. The Kier molecular flexibility index (Phi) is 13.8. The van der Waals surface area contributed by atoms with E-state index in [0.29, 0.717) is 0 Å². The van der Waals surface area contributed by atoms with E-state index in [-0.39, 0.29) is 12.8 Å². The van der Waals surface area contributed by atoms with Gasteiger partial charge in [-0.15, -0.1) is 0 Å². The first-order valence-corrected chi connectivity index (χ1v) is 9.78. The van der Waals surface area contributed by atoms with E-state index in [1.807, 2.05) is 0 Å². The largest absolute Gasteiger partial charge is 0.480 e. The number of esters is 3. The number of carbonyl (C=O) groups is 6. The Balaban J connectivity index is 0. The molecule has 0 spiro atoms. The van der Waals surface area contributed by atoms with Crippen LogP contribution in [0.2, 0.25) is 0 Å². The van der Waals surface area contributed by atoms with Crippen LogP contribution >= 0.6 is 23.2 Å². The lowest BCUT2D eigenvalue weighted by Crippen LogP contribution is -2.35. The third kappa shape index (κ3) is 19.5. The first kappa shape index (κ1) is 31.7. The molecule has 0 radical (unpaired) electrons. The fraction of sp³-hybridized carbons (Fsp3) is 0.667. The van der Waals surface area contributed by atoms with Gasteiger partial charge in [0.25, 0.3) is 0 Å². The van der Waals surface area contributed by atoms with Crippen LogP contribution in [0.1, 0.15) is 54.4 Å². The van der Waals surface area contributed by atoms with E-state index in [1.54, 1.807) is 41.5 Å². The molecule has 0 aromatic rings. The van der Waals surface area contributed by atoms with Crippen molar-refractivity contribution in [1.82, 2.24) is 5.32 Å². The number of nitrogens with one attached hydrogen (secondary N) is 1. The molecular weight excluding hydrogens is 475 g/mol. The molecule has 4 N–H and O–H groups in total. The summed E-state index contributed by atoms with van der Waals surface area (Å²) in [5.74, 6) is -3.09. The normalized spacial score (nSPS) is 16.1. The average molecular weight is 503 g/mol. The van der Waals surface area contributed by atoms with Gasteiger partial charge in [0.2, 0.25) is 0 Å². The number of alkyl carbamates (subject to hydrolysis) is 1. The third-order valence-corrected chi connectivity index (χ3v) is 2.68. The van der Waals surface area contributed by atoms with Crippen molar-refractivity contribution in [1.29, 1.82) is 0 Å². The maximum atomic E-state index is 11.3. The standard InChI is InChI=1S/C9H13NO5.C8H15NO4.CCl2O/c1-9(2,3)15-6(11)4-5-7(12)14-8(13)10-5;1-8(2,3)13-6(10)4-5(9)7(11)12;2-1(3)4/h5H,4H2,1-3H3,(H,10,13);5H,4,9H2,1-3H3,(H,11,12);/t2*5-;/m00./s1. The molecule has 0 unspecified atom stereocenters. The molecule has 1 saturated heterocycles. The monoisotopic (exact) mass is 502 g/mol. The van der Waals surface area contributed by atoms with E-state index >= 15 is 0 Å². The molecule has 0 aromatic carbocycles. The predicted octanol–water partition coefficient (Wildman–Crippen LogP) is 2.07. The molecule has 1 fully saturated rings. The number of hydrogen-bond acceptors (Lipinski definition) is 10. The summed E-state index contributed by atoms with van der Waals surface area (Å²) in [6, 6.07) is -2.11. The van der Waals surface area contributed by atoms with Gasteiger partial charge in [-0.2, -0.15) is 0 Å². The summed E-state index contributed by atoms with van der Waals surface area (Å²) < 4.78 is 13.2. The van der Waals surface area contributed by atoms with E-state index < -0.39 is 58.0 Å². The number of amides is 1. The van der Waals surface area contributed by atoms with Gasteiger partial charge >= 0.3 is 34.7 Å². The number of aliphatic carboxylic acids is 1. The summed E-state index contributed by atoms with van der Waals surface area (Å²) in [5, 5.41) is 10.6. The summed E-state index contributed by atoms with van der Waals surface area (Å²) in [6.07, 6.45) is -1.33. The fourth-order valence-electron chi connectivity index (χ4n) is 1.73. The van der Waals surface area contributed by atoms with Gasteiger partial charge < -0.3 is 30.4 Å². The van der Waals surface area contributed by atoms with Gasteiger partial charge in [-0.25, -0.2) is 9.59 Å². The quantitative estimate of drug-likeness (QED) is 0.216. The molecule has 1 heterocycles. The van der Waals surface area contributed by atoms with Gasteiger partial charge in [-0.3, -0.25) is 19.2 Å².